The number of rotatable bonds is 4. The number of carbonyl (C=O) groups is 1. The molecule has 0 saturated heterocycles. The summed E-state index contributed by atoms with van der Waals surface area (Å²) in [7, 11) is 0. The molecule has 0 aliphatic heterocycles. The monoisotopic (exact) mass is 276 g/mol. The van der Waals surface area contributed by atoms with Gasteiger partial charge in [-0.15, -0.1) is 6.58 Å². The van der Waals surface area contributed by atoms with Crippen molar-refractivity contribution >= 4 is 11.7 Å². The van der Waals surface area contributed by atoms with Crippen molar-refractivity contribution in [2.45, 2.75) is 38.1 Å². The highest BCUT2D eigenvalue weighted by Crippen LogP contribution is 2.23. The van der Waals surface area contributed by atoms with Crippen molar-refractivity contribution in [2.75, 3.05) is 11.9 Å². The van der Waals surface area contributed by atoms with Crippen molar-refractivity contribution in [3.63, 3.8) is 0 Å². The topological polar surface area (TPSA) is 32.3 Å². The van der Waals surface area contributed by atoms with Crippen LogP contribution in [0.15, 0.2) is 36.9 Å². The molecule has 1 aliphatic rings. The fourth-order valence-electron chi connectivity index (χ4n) is 2.68. The average molecular weight is 276 g/mol. The lowest BCUT2D eigenvalue weighted by Gasteiger charge is -2.33. The maximum atomic E-state index is 13.6. The number of anilines is 1. The highest BCUT2D eigenvalue weighted by molar-refractivity contribution is 5.89. The van der Waals surface area contributed by atoms with Crippen molar-refractivity contribution in [1.82, 2.24) is 4.90 Å². The third-order valence-corrected chi connectivity index (χ3v) is 3.72. The summed E-state index contributed by atoms with van der Waals surface area (Å²) in [6, 6.07) is 6.20. The van der Waals surface area contributed by atoms with Crippen LogP contribution in [0.3, 0.4) is 0 Å². The Labute approximate surface area is 119 Å². The Hall–Kier alpha value is -1.84. The molecule has 0 heterocycles. The van der Waals surface area contributed by atoms with Gasteiger partial charge in [-0.1, -0.05) is 37.5 Å². The number of nitrogens with zero attached hydrogens (tertiary/aromatic N) is 1. The summed E-state index contributed by atoms with van der Waals surface area (Å²) in [5, 5.41) is 2.66. The molecule has 1 fully saturated rings. The SMILES string of the molecule is C=CCN(C(=O)Nc1ccccc1F)C1CCCCC1. The maximum absolute atomic E-state index is 13.6. The summed E-state index contributed by atoms with van der Waals surface area (Å²) in [6.45, 7) is 4.20. The summed E-state index contributed by atoms with van der Waals surface area (Å²) in [5.74, 6) is -0.414. The van der Waals surface area contributed by atoms with E-state index in [1.165, 1.54) is 12.5 Å². The van der Waals surface area contributed by atoms with Gasteiger partial charge >= 0.3 is 6.03 Å². The summed E-state index contributed by atoms with van der Waals surface area (Å²) in [6.07, 6.45) is 7.26. The Bertz CT molecular complexity index is 469. The molecule has 2 rings (SSSR count). The van der Waals surface area contributed by atoms with E-state index in [0.717, 1.165) is 25.7 Å². The molecular formula is C16H21FN2O. The predicted octanol–water partition coefficient (Wildman–Crippen LogP) is 4.18. The molecule has 3 nitrogen and oxygen atoms in total. The van der Waals surface area contributed by atoms with Gasteiger partial charge in [-0.2, -0.15) is 0 Å². The van der Waals surface area contributed by atoms with Gasteiger partial charge in [-0.05, 0) is 25.0 Å². The molecule has 0 spiro atoms. The van der Waals surface area contributed by atoms with E-state index in [9.17, 15) is 9.18 Å². The Morgan fingerprint density at radius 3 is 2.70 bits per heavy atom. The number of amides is 2. The molecule has 2 amide bonds. The lowest BCUT2D eigenvalue weighted by atomic mass is 9.94. The molecule has 1 saturated carbocycles. The molecule has 0 aromatic heterocycles. The number of halogens is 1. The van der Waals surface area contributed by atoms with Crippen molar-refractivity contribution in [3.05, 3.63) is 42.7 Å². The van der Waals surface area contributed by atoms with Gasteiger partial charge in [-0.3, -0.25) is 0 Å². The van der Waals surface area contributed by atoms with Gasteiger partial charge in [0.25, 0.3) is 0 Å². The van der Waals surface area contributed by atoms with E-state index in [1.807, 2.05) is 0 Å². The van der Waals surface area contributed by atoms with E-state index < -0.39 is 5.82 Å². The third-order valence-electron chi connectivity index (χ3n) is 3.72. The minimum Gasteiger partial charge on any atom is -0.318 e. The number of benzene rings is 1. The summed E-state index contributed by atoms with van der Waals surface area (Å²) >= 11 is 0. The molecule has 108 valence electrons. The van der Waals surface area contributed by atoms with Crippen molar-refractivity contribution < 1.29 is 9.18 Å². The first-order valence-electron chi connectivity index (χ1n) is 7.15. The van der Waals surface area contributed by atoms with E-state index in [0.29, 0.717) is 6.54 Å². The largest absolute Gasteiger partial charge is 0.322 e. The first kappa shape index (κ1) is 14.6. The molecule has 0 unspecified atom stereocenters. The van der Waals surface area contributed by atoms with Gasteiger partial charge in [0, 0.05) is 12.6 Å². The van der Waals surface area contributed by atoms with Crippen molar-refractivity contribution in [3.8, 4) is 0 Å². The quantitative estimate of drug-likeness (QED) is 0.822. The van der Waals surface area contributed by atoms with Gasteiger partial charge in [0.05, 0.1) is 5.69 Å². The van der Waals surface area contributed by atoms with Crippen LogP contribution in [0.1, 0.15) is 32.1 Å². The summed E-state index contributed by atoms with van der Waals surface area (Å²) < 4.78 is 13.6. The average Bonchev–Trinajstić information content (AvgIpc) is 2.48. The Balaban J connectivity index is 2.06. The van der Waals surface area contributed by atoms with Crippen LogP contribution < -0.4 is 5.32 Å². The third kappa shape index (κ3) is 3.59. The van der Waals surface area contributed by atoms with Gasteiger partial charge in [0.2, 0.25) is 0 Å². The van der Waals surface area contributed by atoms with E-state index in [2.05, 4.69) is 11.9 Å². The van der Waals surface area contributed by atoms with Crippen LogP contribution in [-0.4, -0.2) is 23.5 Å². The van der Waals surface area contributed by atoms with E-state index in [1.54, 1.807) is 29.2 Å². The molecule has 0 atom stereocenters. The van der Waals surface area contributed by atoms with Gasteiger partial charge in [0.15, 0.2) is 0 Å². The minimum absolute atomic E-state index is 0.224. The van der Waals surface area contributed by atoms with Crippen LogP contribution in [0.25, 0.3) is 0 Å². The number of para-hydroxylation sites is 1. The van der Waals surface area contributed by atoms with Crippen LogP contribution in [-0.2, 0) is 0 Å². The van der Waals surface area contributed by atoms with Crippen LogP contribution in [0.4, 0.5) is 14.9 Å². The number of hydrogen-bond acceptors (Lipinski definition) is 1. The number of nitrogens with one attached hydrogen (secondary N) is 1. The highest BCUT2D eigenvalue weighted by Gasteiger charge is 2.24. The van der Waals surface area contributed by atoms with Crippen LogP contribution in [0.2, 0.25) is 0 Å². The van der Waals surface area contributed by atoms with Crippen LogP contribution in [0.5, 0.6) is 0 Å². The Kier molecular flexibility index (Phi) is 5.16. The maximum Gasteiger partial charge on any atom is 0.322 e. The predicted molar refractivity (Wildman–Crippen MR) is 79.2 cm³/mol. The Morgan fingerprint density at radius 2 is 2.05 bits per heavy atom. The standard InChI is InChI=1S/C16H21FN2O/c1-2-12-19(13-8-4-3-5-9-13)16(20)18-15-11-7-6-10-14(15)17/h2,6-7,10-11,13H,1,3-5,8-9,12H2,(H,18,20). The first-order valence-corrected chi connectivity index (χ1v) is 7.15. The summed E-state index contributed by atoms with van der Waals surface area (Å²) in [5.41, 5.74) is 0.224. The van der Waals surface area contributed by atoms with Crippen LogP contribution in [0, 0.1) is 5.82 Å². The lowest BCUT2D eigenvalue weighted by molar-refractivity contribution is 0.176. The van der Waals surface area contributed by atoms with E-state index in [4.69, 9.17) is 0 Å². The molecule has 1 aromatic rings. The Morgan fingerprint density at radius 1 is 1.35 bits per heavy atom. The van der Waals surface area contributed by atoms with Crippen LogP contribution >= 0.6 is 0 Å². The second kappa shape index (κ2) is 7.08. The second-order valence-electron chi connectivity index (χ2n) is 5.14. The molecule has 0 radical (unpaired) electrons. The van der Waals surface area contributed by atoms with Crippen molar-refractivity contribution in [1.29, 1.82) is 0 Å². The normalized spacial score (nSPS) is 15.7. The van der Waals surface area contributed by atoms with Gasteiger partial charge < -0.3 is 10.2 Å². The number of carbonyl (C=O) groups excluding carboxylic acids is 1. The number of urea groups is 1. The zero-order valence-electron chi connectivity index (χ0n) is 11.6. The van der Waals surface area contributed by atoms with Gasteiger partial charge in [0.1, 0.15) is 5.82 Å². The second-order valence-corrected chi connectivity index (χ2v) is 5.14. The molecule has 4 heteroatoms. The number of hydrogen-bond donors (Lipinski definition) is 1. The minimum atomic E-state index is -0.414. The molecule has 20 heavy (non-hydrogen) atoms. The highest BCUT2D eigenvalue weighted by atomic mass is 19.1. The zero-order chi connectivity index (χ0) is 14.4. The molecule has 1 N–H and O–H groups in total. The van der Waals surface area contributed by atoms with Crippen molar-refractivity contribution in [2.24, 2.45) is 0 Å². The summed E-state index contributed by atoms with van der Waals surface area (Å²) in [4.78, 5) is 14.1. The van der Waals surface area contributed by atoms with Gasteiger partial charge in [-0.25, -0.2) is 9.18 Å². The molecule has 1 aromatic carbocycles. The first-order chi connectivity index (χ1) is 9.72. The fourth-order valence-corrected chi connectivity index (χ4v) is 2.68. The fraction of sp³-hybridized carbons (Fsp3) is 0.438. The van der Waals surface area contributed by atoms with E-state index >= 15 is 0 Å². The lowest BCUT2D eigenvalue weighted by Crippen LogP contribution is -2.44. The molecule has 1 aliphatic carbocycles. The van der Waals surface area contributed by atoms with E-state index in [-0.39, 0.29) is 17.8 Å². The molecular weight excluding hydrogens is 255 g/mol. The molecule has 0 bridgehead atoms. The zero-order valence-corrected chi connectivity index (χ0v) is 11.6. The smallest absolute Gasteiger partial charge is 0.318 e.